The minimum Gasteiger partial charge on any atom is -0.333 e. The van der Waals surface area contributed by atoms with Gasteiger partial charge in [0.15, 0.2) is 0 Å². The van der Waals surface area contributed by atoms with Crippen molar-refractivity contribution in [2.75, 3.05) is 18.5 Å². The maximum atomic E-state index is 12.6. The fraction of sp³-hybridized carbons (Fsp3) is 0.500. The summed E-state index contributed by atoms with van der Waals surface area (Å²) in [7, 11) is 1.75. The van der Waals surface area contributed by atoms with Gasteiger partial charge in [0, 0.05) is 19.5 Å². The van der Waals surface area contributed by atoms with Crippen LogP contribution in [0.2, 0.25) is 5.02 Å². The summed E-state index contributed by atoms with van der Waals surface area (Å²) >= 11 is 6.17. The second-order valence-corrected chi connectivity index (χ2v) is 6.23. The molecule has 4 nitrogen and oxygen atoms in total. The first-order chi connectivity index (χ1) is 10.1. The fourth-order valence-electron chi connectivity index (χ4n) is 3.03. The van der Waals surface area contributed by atoms with E-state index in [1.165, 1.54) is 0 Å². The SMILES string of the molecule is CN(C(=O)C1CCC1)[C@H]1CCN(c2ccccc2Cl)C1=O. The van der Waals surface area contributed by atoms with E-state index < -0.39 is 0 Å². The van der Waals surface area contributed by atoms with Crippen LogP contribution >= 0.6 is 11.6 Å². The van der Waals surface area contributed by atoms with Gasteiger partial charge in [0.25, 0.3) is 0 Å². The number of carbonyl (C=O) groups excluding carboxylic acids is 2. The molecule has 0 radical (unpaired) electrons. The van der Waals surface area contributed by atoms with Gasteiger partial charge in [0.05, 0.1) is 10.7 Å². The Hall–Kier alpha value is -1.55. The quantitative estimate of drug-likeness (QED) is 0.861. The number of rotatable bonds is 3. The van der Waals surface area contributed by atoms with Gasteiger partial charge in [-0.3, -0.25) is 9.59 Å². The Kier molecular flexibility index (Phi) is 3.89. The van der Waals surface area contributed by atoms with E-state index in [1.54, 1.807) is 22.9 Å². The molecular weight excluding hydrogens is 288 g/mol. The molecule has 1 aromatic carbocycles. The van der Waals surface area contributed by atoms with Crippen molar-refractivity contribution in [1.82, 2.24) is 4.90 Å². The molecule has 3 rings (SSSR count). The summed E-state index contributed by atoms with van der Waals surface area (Å²) in [6.07, 6.45) is 3.70. The molecule has 1 aliphatic carbocycles. The Morgan fingerprint density at radius 2 is 2.00 bits per heavy atom. The van der Waals surface area contributed by atoms with Crippen molar-refractivity contribution in [3.8, 4) is 0 Å². The third-order valence-corrected chi connectivity index (χ3v) is 4.91. The maximum Gasteiger partial charge on any atom is 0.249 e. The minimum absolute atomic E-state index is 0.0294. The summed E-state index contributed by atoms with van der Waals surface area (Å²) in [5.74, 6) is 0.205. The van der Waals surface area contributed by atoms with Crippen LogP contribution in [0.1, 0.15) is 25.7 Å². The number of nitrogens with zero attached hydrogens (tertiary/aromatic N) is 2. The van der Waals surface area contributed by atoms with Crippen molar-refractivity contribution in [2.45, 2.75) is 31.7 Å². The van der Waals surface area contributed by atoms with E-state index >= 15 is 0 Å². The van der Waals surface area contributed by atoms with Gasteiger partial charge in [0.1, 0.15) is 6.04 Å². The molecule has 0 N–H and O–H groups in total. The Bertz CT molecular complexity index is 571. The first-order valence-electron chi connectivity index (χ1n) is 7.42. The number of hydrogen-bond donors (Lipinski definition) is 0. The minimum atomic E-state index is -0.352. The average molecular weight is 307 g/mol. The summed E-state index contributed by atoms with van der Waals surface area (Å²) < 4.78 is 0. The molecule has 2 aliphatic rings. The van der Waals surface area contributed by atoms with Gasteiger partial charge in [-0.05, 0) is 31.4 Å². The van der Waals surface area contributed by atoms with Crippen molar-refractivity contribution in [3.05, 3.63) is 29.3 Å². The highest BCUT2D eigenvalue weighted by Crippen LogP contribution is 2.32. The molecule has 0 aromatic heterocycles. The van der Waals surface area contributed by atoms with E-state index in [0.29, 0.717) is 18.0 Å². The highest BCUT2D eigenvalue weighted by molar-refractivity contribution is 6.34. The van der Waals surface area contributed by atoms with Crippen LogP contribution < -0.4 is 4.90 Å². The molecule has 1 aliphatic heterocycles. The number of halogens is 1. The van der Waals surface area contributed by atoms with E-state index in [0.717, 1.165) is 24.9 Å². The second-order valence-electron chi connectivity index (χ2n) is 5.82. The third-order valence-electron chi connectivity index (χ3n) is 4.59. The lowest BCUT2D eigenvalue weighted by Gasteiger charge is -2.32. The number of benzene rings is 1. The van der Waals surface area contributed by atoms with E-state index in [4.69, 9.17) is 11.6 Å². The lowest BCUT2D eigenvalue weighted by molar-refractivity contribution is -0.142. The molecule has 1 atom stereocenters. The molecule has 1 aromatic rings. The first-order valence-corrected chi connectivity index (χ1v) is 7.80. The molecular formula is C16H19ClN2O2. The van der Waals surface area contributed by atoms with E-state index in [1.807, 2.05) is 18.2 Å². The van der Waals surface area contributed by atoms with Crippen molar-refractivity contribution in [1.29, 1.82) is 0 Å². The monoisotopic (exact) mass is 306 g/mol. The molecule has 1 saturated carbocycles. The van der Waals surface area contributed by atoms with Crippen LogP contribution in [0.15, 0.2) is 24.3 Å². The summed E-state index contributed by atoms with van der Waals surface area (Å²) in [5.41, 5.74) is 0.733. The van der Waals surface area contributed by atoms with Crippen LogP contribution in [0, 0.1) is 5.92 Å². The second kappa shape index (κ2) is 5.68. The fourth-order valence-corrected chi connectivity index (χ4v) is 3.27. The van der Waals surface area contributed by atoms with E-state index in [9.17, 15) is 9.59 Å². The van der Waals surface area contributed by atoms with Gasteiger partial charge in [-0.2, -0.15) is 0 Å². The smallest absolute Gasteiger partial charge is 0.249 e. The lowest BCUT2D eigenvalue weighted by atomic mass is 9.84. The highest BCUT2D eigenvalue weighted by atomic mass is 35.5. The molecule has 1 heterocycles. The van der Waals surface area contributed by atoms with Gasteiger partial charge in [-0.25, -0.2) is 0 Å². The largest absolute Gasteiger partial charge is 0.333 e. The predicted octanol–water partition coefficient (Wildman–Crippen LogP) is 2.70. The maximum absolute atomic E-state index is 12.6. The number of anilines is 1. The Balaban J connectivity index is 1.74. The normalized spacial score (nSPS) is 22.3. The van der Waals surface area contributed by atoms with Gasteiger partial charge in [-0.1, -0.05) is 30.2 Å². The standard InChI is InChI=1S/C16H19ClN2O2/c1-18(15(20)11-5-4-6-11)14-9-10-19(16(14)21)13-8-3-2-7-12(13)17/h2-3,7-8,11,14H,4-6,9-10H2,1H3/t14-/m0/s1. The number of para-hydroxylation sites is 1. The van der Waals surface area contributed by atoms with E-state index in [-0.39, 0.29) is 23.8 Å². The molecule has 0 bridgehead atoms. The van der Waals surface area contributed by atoms with Crippen LogP contribution in [-0.2, 0) is 9.59 Å². The highest BCUT2D eigenvalue weighted by Gasteiger charge is 2.40. The van der Waals surface area contributed by atoms with Crippen molar-refractivity contribution in [2.24, 2.45) is 5.92 Å². The first kappa shape index (κ1) is 14.4. The number of amides is 2. The molecule has 21 heavy (non-hydrogen) atoms. The van der Waals surface area contributed by atoms with Gasteiger partial charge in [-0.15, -0.1) is 0 Å². The summed E-state index contributed by atoms with van der Waals surface area (Å²) in [5, 5.41) is 0.569. The zero-order valence-electron chi connectivity index (χ0n) is 12.1. The summed E-state index contributed by atoms with van der Waals surface area (Å²) in [4.78, 5) is 28.2. The molecule has 5 heteroatoms. The number of hydrogen-bond acceptors (Lipinski definition) is 2. The van der Waals surface area contributed by atoms with Crippen LogP contribution in [0.3, 0.4) is 0 Å². The molecule has 0 spiro atoms. The van der Waals surface area contributed by atoms with Gasteiger partial charge < -0.3 is 9.80 Å². The average Bonchev–Trinajstić information content (AvgIpc) is 2.78. The van der Waals surface area contributed by atoms with Crippen molar-refractivity contribution < 1.29 is 9.59 Å². The zero-order chi connectivity index (χ0) is 15.0. The van der Waals surface area contributed by atoms with Crippen LogP contribution in [0.5, 0.6) is 0 Å². The Morgan fingerprint density at radius 3 is 2.62 bits per heavy atom. The molecule has 112 valence electrons. The topological polar surface area (TPSA) is 40.6 Å². The summed E-state index contributed by atoms with van der Waals surface area (Å²) in [6.45, 7) is 0.607. The zero-order valence-corrected chi connectivity index (χ0v) is 12.8. The van der Waals surface area contributed by atoms with Crippen LogP contribution in [0.25, 0.3) is 0 Å². The van der Waals surface area contributed by atoms with Crippen molar-refractivity contribution in [3.63, 3.8) is 0 Å². The lowest BCUT2D eigenvalue weighted by Crippen LogP contribution is -2.46. The third kappa shape index (κ3) is 2.53. The number of carbonyl (C=O) groups is 2. The van der Waals surface area contributed by atoms with Gasteiger partial charge in [0.2, 0.25) is 11.8 Å². The predicted molar refractivity (Wildman–Crippen MR) is 82.3 cm³/mol. The molecule has 2 amide bonds. The Morgan fingerprint density at radius 1 is 1.29 bits per heavy atom. The molecule has 1 saturated heterocycles. The van der Waals surface area contributed by atoms with Crippen LogP contribution in [0.4, 0.5) is 5.69 Å². The van der Waals surface area contributed by atoms with E-state index in [2.05, 4.69) is 0 Å². The molecule has 0 unspecified atom stereocenters. The van der Waals surface area contributed by atoms with Crippen molar-refractivity contribution >= 4 is 29.1 Å². The van der Waals surface area contributed by atoms with Gasteiger partial charge >= 0.3 is 0 Å². The number of likely N-dealkylation sites (N-methyl/N-ethyl adjacent to an activating group) is 1. The summed E-state index contributed by atoms with van der Waals surface area (Å²) in [6, 6.07) is 6.98. The Labute approximate surface area is 129 Å². The molecule has 2 fully saturated rings. The van der Waals surface area contributed by atoms with Crippen LogP contribution in [-0.4, -0.2) is 36.3 Å².